The average Bonchev–Trinajstić information content (AvgIpc) is 2.98. The number of esters is 1. The van der Waals surface area contributed by atoms with Crippen molar-refractivity contribution in [1.29, 1.82) is 0 Å². The van der Waals surface area contributed by atoms with Gasteiger partial charge < -0.3 is 9.47 Å². The molecule has 0 aromatic heterocycles. The van der Waals surface area contributed by atoms with Gasteiger partial charge in [0.2, 0.25) is 0 Å². The second-order valence-corrected chi connectivity index (χ2v) is 10.5. The number of benzene rings is 3. The molecular formula is C35H43F3O3. The predicted molar refractivity (Wildman–Crippen MR) is 160 cm³/mol. The van der Waals surface area contributed by atoms with E-state index in [-0.39, 0.29) is 12.0 Å². The van der Waals surface area contributed by atoms with Gasteiger partial charge in [-0.3, -0.25) is 0 Å². The van der Waals surface area contributed by atoms with Gasteiger partial charge in [0.15, 0.2) is 6.10 Å². The Hall–Kier alpha value is -3.12. The molecule has 0 saturated heterocycles. The van der Waals surface area contributed by atoms with E-state index in [0.717, 1.165) is 28.7 Å². The van der Waals surface area contributed by atoms with E-state index in [0.29, 0.717) is 32.5 Å². The molecule has 0 aliphatic heterocycles. The minimum atomic E-state index is -4.61. The van der Waals surface area contributed by atoms with Crippen molar-refractivity contribution in [3.63, 3.8) is 0 Å². The van der Waals surface area contributed by atoms with Gasteiger partial charge in [0.25, 0.3) is 0 Å². The molecule has 0 spiro atoms. The highest BCUT2D eigenvalue weighted by atomic mass is 19.4. The molecule has 0 saturated carbocycles. The van der Waals surface area contributed by atoms with Gasteiger partial charge in [-0.25, -0.2) is 4.79 Å². The topological polar surface area (TPSA) is 35.5 Å². The average molecular weight is 569 g/mol. The lowest BCUT2D eigenvalue weighted by molar-refractivity contribution is -0.206. The molecule has 3 rings (SSSR count). The molecule has 0 aliphatic rings. The molecule has 0 heterocycles. The predicted octanol–water partition coefficient (Wildman–Crippen LogP) is 10.2. The van der Waals surface area contributed by atoms with Crippen LogP contribution < -0.4 is 0 Å². The third-order valence-corrected chi connectivity index (χ3v) is 7.27. The fourth-order valence-electron chi connectivity index (χ4n) is 4.79. The molecule has 0 aliphatic carbocycles. The summed E-state index contributed by atoms with van der Waals surface area (Å²) in [6.07, 6.45) is 2.09. The Balaban J connectivity index is 1.54. The van der Waals surface area contributed by atoms with Crippen LogP contribution in [0.3, 0.4) is 0 Å². The first kappa shape index (κ1) is 32.4. The van der Waals surface area contributed by atoms with Gasteiger partial charge in [-0.2, -0.15) is 13.2 Å². The number of ether oxygens (including phenoxy) is 2. The fraction of sp³-hybridized carbons (Fsp3) is 0.457. The van der Waals surface area contributed by atoms with E-state index in [1.54, 1.807) is 12.1 Å². The van der Waals surface area contributed by atoms with Crippen molar-refractivity contribution >= 4 is 5.97 Å². The van der Waals surface area contributed by atoms with Crippen LogP contribution in [0.1, 0.15) is 87.6 Å². The second-order valence-electron chi connectivity index (χ2n) is 10.5. The molecule has 3 aromatic carbocycles. The van der Waals surface area contributed by atoms with Gasteiger partial charge in [-0.1, -0.05) is 99.7 Å². The Morgan fingerprint density at radius 2 is 1.20 bits per heavy atom. The molecule has 3 nitrogen and oxygen atoms in total. The van der Waals surface area contributed by atoms with Gasteiger partial charge in [0, 0.05) is 13.2 Å². The Kier molecular flexibility index (Phi) is 13.4. The Morgan fingerprint density at radius 1 is 0.683 bits per heavy atom. The summed E-state index contributed by atoms with van der Waals surface area (Å²) in [4.78, 5) is 12.5. The molecule has 41 heavy (non-hydrogen) atoms. The molecule has 0 radical (unpaired) electrons. The van der Waals surface area contributed by atoms with E-state index in [9.17, 15) is 18.0 Å². The van der Waals surface area contributed by atoms with Crippen molar-refractivity contribution < 1.29 is 27.4 Å². The minimum Gasteiger partial charge on any atom is -0.449 e. The van der Waals surface area contributed by atoms with Crippen LogP contribution in [-0.2, 0) is 15.9 Å². The monoisotopic (exact) mass is 568 g/mol. The molecule has 1 atom stereocenters. The SMILES string of the molecule is CCCCCCCc1ccc(-c2ccc(-c3ccc(C(=O)OC(CCCCCOCC)C(F)(F)F)cc3)cc2)cc1. The first-order valence-electron chi connectivity index (χ1n) is 15.0. The normalized spacial score (nSPS) is 12.3. The zero-order valence-electron chi connectivity index (χ0n) is 24.3. The van der Waals surface area contributed by atoms with Crippen LogP contribution in [0.4, 0.5) is 13.2 Å². The maximum absolute atomic E-state index is 13.5. The number of hydrogen-bond acceptors (Lipinski definition) is 3. The quantitative estimate of drug-likeness (QED) is 0.120. The summed E-state index contributed by atoms with van der Waals surface area (Å²) in [5.41, 5.74) is 5.55. The Bertz CT molecular complexity index is 1150. The van der Waals surface area contributed by atoms with E-state index in [4.69, 9.17) is 9.47 Å². The van der Waals surface area contributed by atoms with E-state index >= 15 is 0 Å². The fourth-order valence-corrected chi connectivity index (χ4v) is 4.79. The van der Waals surface area contributed by atoms with E-state index < -0.39 is 18.2 Å². The third-order valence-electron chi connectivity index (χ3n) is 7.27. The van der Waals surface area contributed by atoms with Crippen molar-refractivity contribution in [3.05, 3.63) is 83.9 Å². The molecular weight excluding hydrogens is 525 g/mol. The smallest absolute Gasteiger partial charge is 0.425 e. The van der Waals surface area contributed by atoms with Gasteiger partial charge in [0.05, 0.1) is 5.56 Å². The van der Waals surface area contributed by atoms with Crippen molar-refractivity contribution in [3.8, 4) is 22.3 Å². The second kappa shape index (κ2) is 17.0. The maximum Gasteiger partial charge on any atom is 0.425 e. The van der Waals surface area contributed by atoms with E-state index in [1.165, 1.54) is 49.8 Å². The maximum atomic E-state index is 13.5. The lowest BCUT2D eigenvalue weighted by Crippen LogP contribution is -2.33. The summed E-state index contributed by atoms with van der Waals surface area (Å²) in [5.74, 6) is -0.965. The van der Waals surface area contributed by atoms with Crippen LogP contribution in [0.15, 0.2) is 72.8 Å². The number of aryl methyl sites for hydroxylation is 1. The summed E-state index contributed by atoms with van der Waals surface area (Å²) >= 11 is 0. The number of halogens is 3. The van der Waals surface area contributed by atoms with Gasteiger partial charge >= 0.3 is 12.1 Å². The molecule has 222 valence electrons. The largest absolute Gasteiger partial charge is 0.449 e. The van der Waals surface area contributed by atoms with Gasteiger partial charge in [-0.15, -0.1) is 0 Å². The third kappa shape index (κ3) is 11.0. The Labute approximate surface area is 243 Å². The summed E-state index contributed by atoms with van der Waals surface area (Å²) in [5, 5.41) is 0. The van der Waals surface area contributed by atoms with Crippen LogP contribution in [-0.4, -0.2) is 31.5 Å². The highest BCUT2D eigenvalue weighted by molar-refractivity contribution is 5.90. The molecule has 1 unspecified atom stereocenters. The van der Waals surface area contributed by atoms with Gasteiger partial charge in [0.1, 0.15) is 0 Å². The lowest BCUT2D eigenvalue weighted by Gasteiger charge is -2.20. The Morgan fingerprint density at radius 3 is 1.73 bits per heavy atom. The summed E-state index contributed by atoms with van der Waals surface area (Å²) < 4.78 is 50.5. The van der Waals surface area contributed by atoms with Crippen LogP contribution >= 0.6 is 0 Å². The van der Waals surface area contributed by atoms with Crippen LogP contribution in [0, 0.1) is 0 Å². The van der Waals surface area contributed by atoms with Crippen molar-refractivity contribution in [2.75, 3.05) is 13.2 Å². The van der Waals surface area contributed by atoms with Crippen LogP contribution in [0.25, 0.3) is 22.3 Å². The number of alkyl halides is 3. The minimum absolute atomic E-state index is 0.0985. The zero-order valence-corrected chi connectivity index (χ0v) is 24.3. The zero-order chi connectivity index (χ0) is 29.5. The number of rotatable bonds is 17. The van der Waals surface area contributed by atoms with Gasteiger partial charge in [-0.05, 0) is 79.0 Å². The van der Waals surface area contributed by atoms with Crippen LogP contribution in [0.2, 0.25) is 0 Å². The number of hydrogen-bond donors (Lipinski definition) is 0. The highest BCUT2D eigenvalue weighted by Crippen LogP contribution is 2.29. The van der Waals surface area contributed by atoms with Crippen molar-refractivity contribution in [2.24, 2.45) is 0 Å². The van der Waals surface area contributed by atoms with Crippen LogP contribution in [0.5, 0.6) is 0 Å². The van der Waals surface area contributed by atoms with E-state index in [1.807, 2.05) is 19.1 Å². The summed E-state index contributed by atoms with van der Waals surface area (Å²) in [7, 11) is 0. The first-order valence-corrected chi connectivity index (χ1v) is 15.0. The van der Waals surface area contributed by atoms with Crippen molar-refractivity contribution in [1.82, 2.24) is 0 Å². The first-order chi connectivity index (χ1) is 19.8. The van der Waals surface area contributed by atoms with E-state index in [2.05, 4.69) is 43.3 Å². The lowest BCUT2D eigenvalue weighted by atomic mass is 9.98. The molecule has 3 aromatic rings. The number of carbonyl (C=O) groups is 1. The molecule has 0 N–H and O–H groups in total. The molecule has 6 heteroatoms. The highest BCUT2D eigenvalue weighted by Gasteiger charge is 2.42. The number of unbranched alkanes of at least 4 members (excludes halogenated alkanes) is 6. The number of carbonyl (C=O) groups excluding carboxylic acids is 1. The molecule has 0 amide bonds. The molecule has 0 bridgehead atoms. The standard InChI is InChI=1S/C35H43F3O3/c1-3-5-6-7-9-12-27-14-16-28(17-15-27)29-18-20-30(21-19-29)31-22-24-32(25-23-31)34(39)41-33(35(36,37)38)13-10-8-11-26-40-4-2/h14-25,33H,3-13,26H2,1-2H3. The van der Waals surface area contributed by atoms with Crippen molar-refractivity contribution in [2.45, 2.75) is 90.3 Å². The molecule has 0 fully saturated rings. The summed E-state index contributed by atoms with van der Waals surface area (Å²) in [6.45, 7) is 5.21. The summed E-state index contributed by atoms with van der Waals surface area (Å²) in [6, 6.07) is 23.3.